The highest BCUT2D eigenvalue weighted by Gasteiger charge is 2.23. The van der Waals surface area contributed by atoms with Gasteiger partial charge in [0.2, 0.25) is 0 Å². The predicted molar refractivity (Wildman–Crippen MR) is 108 cm³/mol. The third-order valence-electron chi connectivity index (χ3n) is 5.23. The first kappa shape index (κ1) is 16.8. The summed E-state index contributed by atoms with van der Waals surface area (Å²) >= 11 is 0. The van der Waals surface area contributed by atoms with Gasteiger partial charge >= 0.3 is 0 Å². The summed E-state index contributed by atoms with van der Waals surface area (Å²) in [5, 5.41) is 8.67. The number of nitrogens with zero attached hydrogens (tertiary/aromatic N) is 5. The lowest BCUT2D eigenvalue weighted by molar-refractivity contribution is 0.121. The Labute approximate surface area is 162 Å². The predicted octanol–water partition coefficient (Wildman–Crippen LogP) is 3.31. The molecule has 4 aromatic heterocycles. The molecule has 0 unspecified atom stereocenters. The van der Waals surface area contributed by atoms with Gasteiger partial charge in [0, 0.05) is 55.3 Å². The lowest BCUT2D eigenvalue weighted by Crippen LogP contribution is -2.23. The van der Waals surface area contributed by atoms with Crippen LogP contribution in [0.15, 0.2) is 55.1 Å². The van der Waals surface area contributed by atoms with Crippen molar-refractivity contribution in [2.45, 2.75) is 12.5 Å². The molecule has 1 N–H and O–H groups in total. The van der Waals surface area contributed by atoms with Crippen LogP contribution in [0.4, 0.5) is 5.82 Å². The van der Waals surface area contributed by atoms with Gasteiger partial charge in [0.25, 0.3) is 0 Å². The van der Waals surface area contributed by atoms with Crippen LogP contribution in [-0.2, 0) is 4.74 Å². The van der Waals surface area contributed by atoms with Crippen LogP contribution in [0, 0.1) is 0 Å². The van der Waals surface area contributed by atoms with Crippen LogP contribution >= 0.6 is 0 Å². The Morgan fingerprint density at radius 1 is 1.11 bits per heavy atom. The van der Waals surface area contributed by atoms with Crippen LogP contribution in [0.25, 0.3) is 33.4 Å². The second-order valence-corrected chi connectivity index (χ2v) is 6.92. The highest BCUT2D eigenvalue weighted by atomic mass is 16.5. The lowest BCUT2D eigenvalue weighted by atomic mass is 10.1. The van der Waals surface area contributed by atoms with E-state index in [2.05, 4.69) is 42.2 Å². The van der Waals surface area contributed by atoms with Gasteiger partial charge < -0.3 is 9.64 Å². The molecule has 7 nitrogen and oxygen atoms in total. The number of aromatic nitrogens is 5. The standard InChI is InChI=1S/C21H20N6O/c1-28-16-5-8-27(13-16)20-9-14(4-7-23-20)21-17-10-18(15-3-2-6-22-11-15)24-12-19(17)25-26-21/h2-4,6-7,9-12,16H,5,8,13H2,1H3,(H,25,26)/t16-/m0/s1. The zero-order valence-corrected chi connectivity index (χ0v) is 15.5. The van der Waals surface area contributed by atoms with Gasteiger partial charge in [-0.25, -0.2) is 4.98 Å². The number of methoxy groups -OCH3 is 1. The SMILES string of the molecule is CO[C@H]1CCN(c2cc(-c3n[nH]c4cnc(-c5cccnc5)cc34)ccn2)C1. The first-order chi connectivity index (χ1) is 13.8. The average molecular weight is 372 g/mol. The fourth-order valence-electron chi connectivity index (χ4n) is 3.68. The van der Waals surface area contributed by atoms with E-state index >= 15 is 0 Å². The number of rotatable bonds is 4. The fourth-order valence-corrected chi connectivity index (χ4v) is 3.68. The molecule has 0 bridgehead atoms. The zero-order chi connectivity index (χ0) is 18.9. The zero-order valence-electron chi connectivity index (χ0n) is 15.5. The molecule has 1 fully saturated rings. The molecule has 1 aliphatic rings. The second-order valence-electron chi connectivity index (χ2n) is 6.92. The number of anilines is 1. The number of fused-ring (bicyclic) bond motifs is 1. The van der Waals surface area contributed by atoms with E-state index in [1.807, 2.05) is 36.8 Å². The summed E-state index contributed by atoms with van der Waals surface area (Å²) in [6, 6.07) is 10.1. The Kier molecular flexibility index (Phi) is 4.21. The van der Waals surface area contributed by atoms with Crippen LogP contribution < -0.4 is 4.90 Å². The van der Waals surface area contributed by atoms with E-state index in [-0.39, 0.29) is 6.10 Å². The lowest BCUT2D eigenvalue weighted by Gasteiger charge is -2.17. The van der Waals surface area contributed by atoms with Crippen molar-refractivity contribution in [3.63, 3.8) is 0 Å². The highest BCUT2D eigenvalue weighted by Crippen LogP contribution is 2.31. The van der Waals surface area contributed by atoms with Crippen molar-refractivity contribution in [3.8, 4) is 22.5 Å². The molecule has 28 heavy (non-hydrogen) atoms. The van der Waals surface area contributed by atoms with Crippen molar-refractivity contribution in [3.05, 3.63) is 55.1 Å². The summed E-state index contributed by atoms with van der Waals surface area (Å²) in [5.41, 5.74) is 4.69. The summed E-state index contributed by atoms with van der Waals surface area (Å²) in [7, 11) is 1.77. The van der Waals surface area contributed by atoms with E-state index in [0.717, 1.165) is 58.7 Å². The van der Waals surface area contributed by atoms with E-state index < -0.39 is 0 Å². The fraction of sp³-hybridized carbons (Fsp3) is 0.238. The molecule has 0 saturated carbocycles. The average Bonchev–Trinajstić information content (AvgIpc) is 3.41. The first-order valence-electron chi connectivity index (χ1n) is 9.30. The summed E-state index contributed by atoms with van der Waals surface area (Å²) < 4.78 is 5.48. The van der Waals surface area contributed by atoms with Crippen molar-refractivity contribution < 1.29 is 4.74 Å². The van der Waals surface area contributed by atoms with Crippen molar-refractivity contribution in [2.75, 3.05) is 25.1 Å². The maximum absolute atomic E-state index is 5.48. The molecule has 0 aliphatic carbocycles. The minimum Gasteiger partial charge on any atom is -0.380 e. The second kappa shape index (κ2) is 7.01. The molecule has 7 heteroatoms. The van der Waals surface area contributed by atoms with Gasteiger partial charge in [-0.1, -0.05) is 0 Å². The molecule has 5 heterocycles. The van der Waals surface area contributed by atoms with Crippen LogP contribution in [-0.4, -0.2) is 51.5 Å². The Bertz CT molecular complexity index is 1110. The van der Waals surface area contributed by atoms with E-state index in [9.17, 15) is 0 Å². The molecule has 1 saturated heterocycles. The molecule has 0 spiro atoms. The topological polar surface area (TPSA) is 79.8 Å². The number of aromatic amines is 1. The van der Waals surface area contributed by atoms with E-state index in [0.29, 0.717) is 0 Å². The van der Waals surface area contributed by atoms with Gasteiger partial charge in [0.15, 0.2) is 0 Å². The van der Waals surface area contributed by atoms with Crippen molar-refractivity contribution in [2.24, 2.45) is 0 Å². The molecule has 0 aromatic carbocycles. The molecule has 0 radical (unpaired) electrons. The van der Waals surface area contributed by atoms with E-state index in [1.54, 1.807) is 13.3 Å². The normalized spacial score (nSPS) is 16.8. The third-order valence-corrected chi connectivity index (χ3v) is 5.23. The number of ether oxygens (including phenoxy) is 1. The number of hydrogen-bond donors (Lipinski definition) is 1. The Morgan fingerprint density at radius 3 is 2.89 bits per heavy atom. The molecule has 1 aliphatic heterocycles. The van der Waals surface area contributed by atoms with Gasteiger partial charge in [-0.05, 0) is 36.8 Å². The minimum atomic E-state index is 0.268. The smallest absolute Gasteiger partial charge is 0.129 e. The summed E-state index contributed by atoms with van der Waals surface area (Å²) in [6.45, 7) is 1.81. The molecular formula is C21H20N6O. The summed E-state index contributed by atoms with van der Waals surface area (Å²) in [4.78, 5) is 15.5. The van der Waals surface area contributed by atoms with Crippen molar-refractivity contribution in [1.29, 1.82) is 0 Å². The van der Waals surface area contributed by atoms with Gasteiger partial charge in [-0.3, -0.25) is 15.1 Å². The molecule has 5 rings (SSSR count). The molecule has 0 amide bonds. The molecule has 1 atom stereocenters. The Balaban J connectivity index is 1.54. The van der Waals surface area contributed by atoms with Crippen molar-refractivity contribution >= 4 is 16.7 Å². The summed E-state index contributed by atoms with van der Waals surface area (Å²) in [5.74, 6) is 0.953. The van der Waals surface area contributed by atoms with Gasteiger partial charge in [0.1, 0.15) is 11.5 Å². The quantitative estimate of drug-likeness (QED) is 0.592. The maximum atomic E-state index is 5.48. The molecule has 4 aromatic rings. The summed E-state index contributed by atoms with van der Waals surface area (Å²) in [6.07, 6.45) is 8.53. The van der Waals surface area contributed by atoms with Crippen molar-refractivity contribution in [1.82, 2.24) is 25.1 Å². The third kappa shape index (κ3) is 2.99. The van der Waals surface area contributed by atoms with Crippen LogP contribution in [0.3, 0.4) is 0 Å². The number of nitrogens with one attached hydrogen (secondary N) is 1. The molecule has 140 valence electrons. The number of pyridine rings is 3. The Hall–Kier alpha value is -3.32. The minimum absolute atomic E-state index is 0.268. The highest BCUT2D eigenvalue weighted by molar-refractivity contribution is 5.94. The van der Waals surface area contributed by atoms with Gasteiger partial charge in [-0.15, -0.1) is 0 Å². The largest absolute Gasteiger partial charge is 0.380 e. The van der Waals surface area contributed by atoms with Gasteiger partial charge in [0.05, 0.1) is 23.5 Å². The van der Waals surface area contributed by atoms with E-state index in [4.69, 9.17) is 4.74 Å². The van der Waals surface area contributed by atoms with Crippen LogP contribution in [0.2, 0.25) is 0 Å². The molecular weight excluding hydrogens is 352 g/mol. The van der Waals surface area contributed by atoms with E-state index in [1.165, 1.54) is 0 Å². The number of H-pyrrole nitrogens is 1. The van der Waals surface area contributed by atoms with Crippen LogP contribution in [0.1, 0.15) is 6.42 Å². The number of hydrogen-bond acceptors (Lipinski definition) is 6. The first-order valence-corrected chi connectivity index (χ1v) is 9.30. The monoisotopic (exact) mass is 372 g/mol. The maximum Gasteiger partial charge on any atom is 0.129 e. The Morgan fingerprint density at radius 2 is 2.07 bits per heavy atom. The van der Waals surface area contributed by atoms with Gasteiger partial charge in [-0.2, -0.15) is 5.10 Å². The van der Waals surface area contributed by atoms with Crippen LogP contribution in [0.5, 0.6) is 0 Å².